The van der Waals surface area contributed by atoms with Crippen LogP contribution in [0.15, 0.2) is 158 Å². The van der Waals surface area contributed by atoms with Gasteiger partial charge in [0.25, 0.3) is 8.32 Å². The molecule has 0 spiro atoms. The van der Waals surface area contributed by atoms with E-state index in [4.69, 9.17) is 37.6 Å². The summed E-state index contributed by atoms with van der Waals surface area (Å²) < 4.78 is 51.1. The Morgan fingerprint density at radius 3 is 1.35 bits per heavy atom. The summed E-state index contributed by atoms with van der Waals surface area (Å²) in [7, 11) is 3.77. The first-order valence-electron chi connectivity index (χ1n) is 24.4. The maximum Gasteiger partial charge on any atom is 0.261 e. The van der Waals surface area contributed by atoms with Crippen LogP contribution in [-0.2, 0) is 37.3 Å². The van der Waals surface area contributed by atoms with Gasteiger partial charge in [-0.1, -0.05) is 124 Å². The third-order valence-corrected chi connectivity index (χ3v) is 17.7. The smallest absolute Gasteiger partial charge is 0.261 e. The molecule has 0 aliphatic carbocycles. The van der Waals surface area contributed by atoms with Gasteiger partial charge in [0.1, 0.15) is 60.1 Å². The standard InChI is InChI=1S/C62H68O8Si/c1-9-10-11-12-13-16-21-50-40-54(67-42-46-26-32-51(63-5)33-27-46)41-57(66-8)60(50)61-58(68-43-47-28-34-52(64-6)35-29-47)38-49(39-59(61)69-44-48-30-36-53(65-7)37-31-48)45-70-71(62(2,3)4,55-22-17-14-18-23-55)56-24-19-15-20-25-56/h14-15,17-20,22-41H,11-13,16,21,42-45H2,1-8H3. The number of methoxy groups -OCH3 is 4. The SMILES string of the molecule is CC#CCCCCCc1cc(OCc2ccc(OC)cc2)cc(OC)c1-c1c(OCc2ccc(OC)cc2)cc(CO[Si](c2ccccc2)(c2ccccc2)C(C)(C)C)cc1OCc1ccc(OC)cc1. The van der Waals surface area contributed by atoms with E-state index in [2.05, 4.69) is 111 Å². The zero-order valence-corrected chi connectivity index (χ0v) is 43.6. The van der Waals surface area contributed by atoms with Gasteiger partial charge in [0, 0.05) is 18.1 Å². The molecule has 0 saturated carbocycles. The van der Waals surface area contributed by atoms with Crippen molar-refractivity contribution in [2.45, 2.75) is 91.3 Å². The molecule has 0 aromatic heterocycles. The highest BCUT2D eigenvalue weighted by Gasteiger charge is 2.50. The molecule has 71 heavy (non-hydrogen) atoms. The third-order valence-electron chi connectivity index (χ3n) is 12.7. The Morgan fingerprint density at radius 2 is 0.915 bits per heavy atom. The van der Waals surface area contributed by atoms with E-state index in [-0.39, 0.29) is 18.3 Å². The molecule has 368 valence electrons. The van der Waals surface area contributed by atoms with Crippen LogP contribution in [0.3, 0.4) is 0 Å². The largest absolute Gasteiger partial charge is 0.497 e. The molecule has 0 bridgehead atoms. The molecule has 7 rings (SSSR count). The van der Waals surface area contributed by atoms with E-state index in [1.54, 1.807) is 28.4 Å². The second-order valence-electron chi connectivity index (χ2n) is 18.5. The highest BCUT2D eigenvalue weighted by atomic mass is 28.4. The van der Waals surface area contributed by atoms with E-state index in [9.17, 15) is 0 Å². The fraction of sp³-hybridized carbons (Fsp3) is 0.290. The molecular weight excluding hydrogens is 901 g/mol. The van der Waals surface area contributed by atoms with Crippen molar-refractivity contribution in [1.82, 2.24) is 0 Å². The lowest BCUT2D eigenvalue weighted by atomic mass is 9.92. The summed E-state index contributed by atoms with van der Waals surface area (Å²) in [4.78, 5) is 0. The Labute approximate surface area is 422 Å². The monoisotopic (exact) mass is 968 g/mol. The molecule has 0 aliphatic rings. The second kappa shape index (κ2) is 25.1. The summed E-state index contributed by atoms with van der Waals surface area (Å²) in [6.45, 7) is 10.0. The molecule has 8 nitrogen and oxygen atoms in total. The minimum Gasteiger partial charge on any atom is -0.497 e. The van der Waals surface area contributed by atoms with Crippen LogP contribution in [-0.4, -0.2) is 36.8 Å². The fourth-order valence-corrected chi connectivity index (χ4v) is 13.5. The molecule has 0 fully saturated rings. The summed E-state index contributed by atoms with van der Waals surface area (Å²) in [5, 5.41) is 2.17. The van der Waals surface area contributed by atoms with Gasteiger partial charge in [0.15, 0.2) is 0 Å². The van der Waals surface area contributed by atoms with Gasteiger partial charge >= 0.3 is 0 Å². The van der Waals surface area contributed by atoms with Crippen molar-refractivity contribution in [3.63, 3.8) is 0 Å². The molecular formula is C62H68O8Si. The van der Waals surface area contributed by atoms with Gasteiger partial charge in [0.05, 0.1) is 40.6 Å². The van der Waals surface area contributed by atoms with Gasteiger partial charge in [0.2, 0.25) is 0 Å². The highest BCUT2D eigenvalue weighted by molar-refractivity contribution is 6.99. The lowest BCUT2D eigenvalue weighted by Crippen LogP contribution is -2.66. The summed E-state index contributed by atoms with van der Waals surface area (Å²) in [6.07, 6.45) is 4.56. The van der Waals surface area contributed by atoms with E-state index in [0.717, 1.165) is 88.3 Å². The van der Waals surface area contributed by atoms with Crippen LogP contribution in [0.1, 0.15) is 81.2 Å². The van der Waals surface area contributed by atoms with E-state index in [0.29, 0.717) is 36.2 Å². The first-order valence-corrected chi connectivity index (χ1v) is 26.3. The first kappa shape index (κ1) is 51.7. The predicted octanol–water partition coefficient (Wildman–Crippen LogP) is 13.3. The van der Waals surface area contributed by atoms with Crippen LogP contribution in [0.2, 0.25) is 5.04 Å². The summed E-state index contributed by atoms with van der Waals surface area (Å²) >= 11 is 0. The summed E-state index contributed by atoms with van der Waals surface area (Å²) in [6, 6.07) is 53.7. The number of aryl methyl sites for hydroxylation is 1. The maximum absolute atomic E-state index is 7.58. The molecule has 7 aromatic rings. The van der Waals surface area contributed by atoms with Crippen molar-refractivity contribution in [3.8, 4) is 63.2 Å². The van der Waals surface area contributed by atoms with Crippen LogP contribution < -0.4 is 43.5 Å². The zero-order valence-electron chi connectivity index (χ0n) is 42.6. The van der Waals surface area contributed by atoms with Crippen molar-refractivity contribution in [3.05, 3.63) is 186 Å². The molecule has 0 amide bonds. The van der Waals surface area contributed by atoms with E-state index < -0.39 is 8.32 Å². The molecule has 9 heteroatoms. The Hall–Kier alpha value is -7.12. The maximum atomic E-state index is 7.58. The highest BCUT2D eigenvalue weighted by Crippen LogP contribution is 2.49. The Balaban J connectivity index is 1.40. The van der Waals surface area contributed by atoms with Gasteiger partial charge in [-0.3, -0.25) is 0 Å². The molecule has 0 unspecified atom stereocenters. The quantitative estimate of drug-likeness (QED) is 0.0337. The Bertz CT molecular complexity index is 2700. The van der Waals surface area contributed by atoms with Crippen LogP contribution in [0, 0.1) is 11.8 Å². The minimum absolute atomic E-state index is 0.236. The van der Waals surface area contributed by atoms with E-state index >= 15 is 0 Å². The minimum atomic E-state index is -2.95. The van der Waals surface area contributed by atoms with Gasteiger partial charge in [-0.25, -0.2) is 0 Å². The van der Waals surface area contributed by atoms with Crippen LogP contribution in [0.25, 0.3) is 11.1 Å². The topological polar surface area (TPSA) is 73.8 Å². The van der Waals surface area contributed by atoms with Crippen LogP contribution in [0.5, 0.6) is 40.2 Å². The Kier molecular flexibility index (Phi) is 18.3. The molecule has 0 aliphatic heterocycles. The zero-order chi connectivity index (χ0) is 50.1. The predicted molar refractivity (Wildman–Crippen MR) is 288 cm³/mol. The van der Waals surface area contributed by atoms with Crippen LogP contribution >= 0.6 is 0 Å². The van der Waals surface area contributed by atoms with Crippen LogP contribution in [0.4, 0.5) is 0 Å². The second-order valence-corrected chi connectivity index (χ2v) is 22.8. The Morgan fingerprint density at radius 1 is 0.437 bits per heavy atom. The molecule has 0 heterocycles. The van der Waals surface area contributed by atoms with Gasteiger partial charge in [-0.15, -0.1) is 11.8 Å². The fourth-order valence-electron chi connectivity index (χ4n) is 9.01. The lowest BCUT2D eigenvalue weighted by Gasteiger charge is -2.43. The van der Waals surface area contributed by atoms with Crippen molar-refractivity contribution < 1.29 is 37.6 Å². The number of benzene rings is 7. The first-order chi connectivity index (χ1) is 34.6. The van der Waals surface area contributed by atoms with Crippen molar-refractivity contribution >= 4 is 18.7 Å². The van der Waals surface area contributed by atoms with Crippen molar-refractivity contribution in [2.24, 2.45) is 0 Å². The molecule has 0 N–H and O–H groups in total. The molecule has 0 atom stereocenters. The number of unbranched alkanes of at least 4 members (excludes halogenated alkanes) is 3. The number of hydrogen-bond donors (Lipinski definition) is 0. The number of rotatable bonds is 24. The number of hydrogen-bond acceptors (Lipinski definition) is 8. The lowest BCUT2D eigenvalue weighted by molar-refractivity contribution is 0.275. The van der Waals surface area contributed by atoms with Gasteiger partial charge in [-0.05, 0) is 124 Å². The molecule has 0 radical (unpaired) electrons. The average molecular weight is 969 g/mol. The average Bonchev–Trinajstić information content (AvgIpc) is 3.40. The van der Waals surface area contributed by atoms with E-state index in [1.807, 2.05) is 85.8 Å². The van der Waals surface area contributed by atoms with Crippen molar-refractivity contribution in [1.29, 1.82) is 0 Å². The van der Waals surface area contributed by atoms with Crippen molar-refractivity contribution in [2.75, 3.05) is 28.4 Å². The summed E-state index contributed by atoms with van der Waals surface area (Å²) in [5.41, 5.74) is 6.61. The molecule has 7 aromatic carbocycles. The third kappa shape index (κ3) is 13.2. The van der Waals surface area contributed by atoms with Gasteiger partial charge in [-0.2, -0.15) is 0 Å². The normalized spacial score (nSPS) is 11.3. The molecule has 0 saturated heterocycles. The summed E-state index contributed by atoms with van der Waals surface area (Å²) in [5.74, 6) is 11.2. The van der Waals surface area contributed by atoms with E-state index in [1.165, 1.54) is 10.4 Å². The number of ether oxygens (including phenoxy) is 7. The van der Waals surface area contributed by atoms with Gasteiger partial charge < -0.3 is 37.6 Å².